The van der Waals surface area contributed by atoms with Gasteiger partial charge in [0, 0.05) is 12.0 Å². The zero-order chi connectivity index (χ0) is 20.9. The van der Waals surface area contributed by atoms with Crippen molar-refractivity contribution in [2.45, 2.75) is 85.0 Å². The molecule has 1 heterocycles. The van der Waals surface area contributed by atoms with Gasteiger partial charge in [-0.1, -0.05) is 83.6 Å². The van der Waals surface area contributed by atoms with Gasteiger partial charge >= 0.3 is 5.97 Å². The Morgan fingerprint density at radius 2 is 1.62 bits per heavy atom. The van der Waals surface area contributed by atoms with Crippen molar-refractivity contribution in [3.05, 3.63) is 42.2 Å². The molecule has 0 radical (unpaired) electrons. The summed E-state index contributed by atoms with van der Waals surface area (Å²) in [5, 5.41) is 0. The second kappa shape index (κ2) is 13.1. The Bertz CT molecular complexity index is 711. The first-order valence-corrected chi connectivity index (χ1v) is 11.2. The average molecular weight is 397 g/mol. The van der Waals surface area contributed by atoms with Crippen LogP contribution in [0.4, 0.5) is 0 Å². The lowest BCUT2D eigenvalue weighted by Gasteiger charge is -2.08. The molecule has 2 aromatic rings. The maximum Gasteiger partial charge on any atom is 0.311 e. The monoisotopic (exact) mass is 396 g/mol. The van der Waals surface area contributed by atoms with Gasteiger partial charge in [0.05, 0.1) is 12.4 Å². The van der Waals surface area contributed by atoms with Crippen molar-refractivity contribution in [2.24, 2.45) is 5.92 Å². The first-order chi connectivity index (χ1) is 14.1. The van der Waals surface area contributed by atoms with Crippen LogP contribution in [0, 0.1) is 5.92 Å². The number of carbonyl (C=O) groups excluding carboxylic acids is 1. The number of rotatable bonds is 13. The largest absolute Gasteiger partial charge is 0.423 e. The van der Waals surface area contributed by atoms with Gasteiger partial charge in [-0.2, -0.15) is 0 Å². The third kappa shape index (κ3) is 8.76. The molecule has 1 atom stereocenters. The maximum absolute atomic E-state index is 11.9. The van der Waals surface area contributed by atoms with Gasteiger partial charge in [0.25, 0.3) is 0 Å². The Morgan fingerprint density at radius 1 is 0.966 bits per heavy atom. The Kier molecular flexibility index (Phi) is 10.4. The molecule has 1 unspecified atom stereocenters. The number of benzene rings is 1. The Hall–Kier alpha value is -2.23. The molecule has 0 amide bonds. The standard InChI is InChI=1S/C25H36N2O2/c1-4-6-7-8-9-10-11-21-13-15-22(16-14-21)25-26-18-23(19-27-25)29-24(28)17-12-20(3)5-2/h13-16,18-20H,4-12,17H2,1-3H3. The van der Waals surface area contributed by atoms with Gasteiger partial charge in [-0.25, -0.2) is 9.97 Å². The molecule has 4 nitrogen and oxygen atoms in total. The summed E-state index contributed by atoms with van der Waals surface area (Å²) in [4.78, 5) is 20.6. The normalized spacial score (nSPS) is 12.0. The molecule has 4 heteroatoms. The van der Waals surface area contributed by atoms with E-state index in [1.165, 1.54) is 44.1 Å². The number of ether oxygens (including phenoxy) is 1. The highest BCUT2D eigenvalue weighted by Gasteiger charge is 2.09. The van der Waals surface area contributed by atoms with Crippen LogP contribution in [0.1, 0.15) is 84.1 Å². The van der Waals surface area contributed by atoms with Crippen molar-refractivity contribution in [3.8, 4) is 17.1 Å². The van der Waals surface area contributed by atoms with Crippen molar-refractivity contribution in [2.75, 3.05) is 0 Å². The lowest BCUT2D eigenvalue weighted by molar-refractivity contribution is -0.134. The van der Waals surface area contributed by atoms with E-state index in [4.69, 9.17) is 4.74 Å². The molecule has 1 aromatic heterocycles. The van der Waals surface area contributed by atoms with Gasteiger partial charge in [-0.05, 0) is 30.7 Å². The number of carbonyl (C=O) groups is 1. The maximum atomic E-state index is 11.9. The highest BCUT2D eigenvalue weighted by atomic mass is 16.5. The van der Waals surface area contributed by atoms with Crippen LogP contribution in [0.3, 0.4) is 0 Å². The fourth-order valence-electron chi connectivity index (χ4n) is 3.20. The smallest absolute Gasteiger partial charge is 0.311 e. The van der Waals surface area contributed by atoms with Crippen molar-refractivity contribution in [1.29, 1.82) is 0 Å². The van der Waals surface area contributed by atoms with Gasteiger partial charge < -0.3 is 4.74 Å². The van der Waals surface area contributed by atoms with Crippen LogP contribution in [0.2, 0.25) is 0 Å². The molecule has 0 saturated heterocycles. The quantitative estimate of drug-likeness (QED) is 0.277. The Labute approximate surface area is 176 Å². The number of aromatic nitrogens is 2. The van der Waals surface area contributed by atoms with E-state index in [2.05, 4.69) is 55.0 Å². The number of hydrogen-bond acceptors (Lipinski definition) is 4. The van der Waals surface area contributed by atoms with Crippen LogP contribution in [0.25, 0.3) is 11.4 Å². The van der Waals surface area contributed by atoms with E-state index in [0.717, 1.165) is 24.8 Å². The van der Waals surface area contributed by atoms with Crippen LogP contribution in [-0.2, 0) is 11.2 Å². The number of esters is 1. The molecule has 158 valence electrons. The second-order valence-electron chi connectivity index (χ2n) is 7.98. The Balaban J connectivity index is 1.79. The molecule has 0 N–H and O–H groups in total. The highest BCUT2D eigenvalue weighted by Crippen LogP contribution is 2.19. The summed E-state index contributed by atoms with van der Waals surface area (Å²) in [5.41, 5.74) is 2.34. The first-order valence-electron chi connectivity index (χ1n) is 11.2. The van der Waals surface area contributed by atoms with Crippen LogP contribution in [-0.4, -0.2) is 15.9 Å². The topological polar surface area (TPSA) is 52.1 Å². The number of nitrogens with zero attached hydrogens (tertiary/aromatic N) is 2. The van der Waals surface area contributed by atoms with Crippen molar-refractivity contribution >= 4 is 5.97 Å². The fourth-order valence-corrected chi connectivity index (χ4v) is 3.20. The van der Waals surface area contributed by atoms with Gasteiger partial charge in [0.2, 0.25) is 0 Å². The SMILES string of the molecule is CCCCCCCCc1ccc(-c2ncc(OC(=O)CCC(C)CC)cn2)cc1. The molecule has 0 aliphatic heterocycles. The molecular formula is C25H36N2O2. The van der Waals surface area contributed by atoms with Gasteiger partial charge in [-0.3, -0.25) is 4.79 Å². The van der Waals surface area contributed by atoms with Crippen LogP contribution in [0.15, 0.2) is 36.7 Å². The molecule has 0 aliphatic rings. The molecule has 0 aliphatic carbocycles. The van der Waals surface area contributed by atoms with E-state index in [1.807, 2.05) is 0 Å². The minimum atomic E-state index is -0.222. The van der Waals surface area contributed by atoms with E-state index in [9.17, 15) is 4.79 Å². The lowest BCUT2D eigenvalue weighted by atomic mass is 10.0. The van der Waals surface area contributed by atoms with E-state index >= 15 is 0 Å². The van der Waals surface area contributed by atoms with Crippen molar-refractivity contribution in [1.82, 2.24) is 9.97 Å². The Morgan fingerprint density at radius 3 is 2.28 bits per heavy atom. The summed E-state index contributed by atoms with van der Waals surface area (Å²) in [6.07, 6.45) is 14.5. The predicted molar refractivity (Wildman–Crippen MR) is 119 cm³/mol. The molecule has 0 bridgehead atoms. The van der Waals surface area contributed by atoms with Crippen LogP contribution >= 0.6 is 0 Å². The first kappa shape index (κ1) is 23.1. The van der Waals surface area contributed by atoms with Crippen molar-refractivity contribution < 1.29 is 9.53 Å². The molecule has 2 rings (SSSR count). The molecule has 0 spiro atoms. The average Bonchev–Trinajstić information content (AvgIpc) is 2.75. The zero-order valence-corrected chi connectivity index (χ0v) is 18.3. The summed E-state index contributed by atoms with van der Waals surface area (Å²) < 4.78 is 5.33. The summed E-state index contributed by atoms with van der Waals surface area (Å²) in [6.45, 7) is 6.52. The number of hydrogen-bond donors (Lipinski definition) is 0. The summed E-state index contributed by atoms with van der Waals surface area (Å²) in [6, 6.07) is 8.46. The molecular weight excluding hydrogens is 360 g/mol. The van der Waals surface area contributed by atoms with Gasteiger partial charge in [-0.15, -0.1) is 0 Å². The van der Waals surface area contributed by atoms with E-state index < -0.39 is 0 Å². The summed E-state index contributed by atoms with van der Waals surface area (Å²) in [7, 11) is 0. The van der Waals surface area contributed by atoms with Gasteiger partial charge in [0.15, 0.2) is 11.6 Å². The third-order valence-electron chi connectivity index (χ3n) is 5.43. The molecule has 0 saturated carbocycles. The minimum Gasteiger partial charge on any atom is -0.423 e. The van der Waals surface area contributed by atoms with E-state index in [-0.39, 0.29) is 5.97 Å². The molecule has 1 aromatic carbocycles. The highest BCUT2D eigenvalue weighted by molar-refractivity contribution is 5.72. The van der Waals surface area contributed by atoms with Crippen molar-refractivity contribution in [3.63, 3.8) is 0 Å². The van der Waals surface area contributed by atoms with E-state index in [1.54, 1.807) is 12.4 Å². The van der Waals surface area contributed by atoms with E-state index in [0.29, 0.717) is 23.9 Å². The molecule has 0 fully saturated rings. The number of unbranched alkanes of at least 4 members (excludes halogenated alkanes) is 5. The van der Waals surface area contributed by atoms with Crippen LogP contribution in [0.5, 0.6) is 5.75 Å². The second-order valence-corrected chi connectivity index (χ2v) is 7.98. The van der Waals surface area contributed by atoms with Gasteiger partial charge in [0.1, 0.15) is 0 Å². The lowest BCUT2D eigenvalue weighted by Crippen LogP contribution is -2.10. The number of aryl methyl sites for hydroxylation is 1. The van der Waals surface area contributed by atoms with Crippen LogP contribution < -0.4 is 4.74 Å². The predicted octanol–water partition coefficient (Wildman–Crippen LogP) is 6.78. The fraction of sp³-hybridized carbons (Fsp3) is 0.560. The third-order valence-corrected chi connectivity index (χ3v) is 5.43. The zero-order valence-electron chi connectivity index (χ0n) is 18.3. The molecule has 29 heavy (non-hydrogen) atoms. The summed E-state index contributed by atoms with van der Waals surface area (Å²) >= 11 is 0. The summed E-state index contributed by atoms with van der Waals surface area (Å²) in [5.74, 6) is 1.36. The minimum absolute atomic E-state index is 0.222.